The first-order chi connectivity index (χ1) is 12.9. The molecule has 2 nitrogen and oxygen atoms in total. The standard InChI is InChI=1S/C23H23O2P/c1-24-20-14-8-9-15-21(20)25-26-22(18-10-4-2-5-11-18)16-17-23(26)19-12-6-3-7-13-19/h2-15,22-23H,16-17H2,1H3/t22-,23-/m0/s1. The lowest BCUT2D eigenvalue weighted by Gasteiger charge is -2.27. The molecule has 0 N–H and O–H groups in total. The molecule has 132 valence electrons. The Morgan fingerprint density at radius 2 is 1.12 bits per heavy atom. The molecule has 0 unspecified atom stereocenters. The molecule has 1 heterocycles. The summed E-state index contributed by atoms with van der Waals surface area (Å²) >= 11 is 0. The van der Waals surface area contributed by atoms with Gasteiger partial charge in [0.05, 0.1) is 7.11 Å². The van der Waals surface area contributed by atoms with E-state index in [1.165, 1.54) is 11.1 Å². The van der Waals surface area contributed by atoms with Gasteiger partial charge < -0.3 is 9.26 Å². The van der Waals surface area contributed by atoms with E-state index in [1.807, 2.05) is 24.3 Å². The second kappa shape index (κ2) is 7.93. The molecule has 0 amide bonds. The van der Waals surface area contributed by atoms with Gasteiger partial charge in [0.25, 0.3) is 0 Å². The summed E-state index contributed by atoms with van der Waals surface area (Å²) in [4.78, 5) is 0. The Labute approximate surface area is 156 Å². The summed E-state index contributed by atoms with van der Waals surface area (Å²) in [6.07, 6.45) is 2.31. The van der Waals surface area contributed by atoms with E-state index in [4.69, 9.17) is 9.26 Å². The molecule has 0 aromatic heterocycles. The van der Waals surface area contributed by atoms with Crippen molar-refractivity contribution in [3.63, 3.8) is 0 Å². The molecule has 0 saturated carbocycles. The molecule has 4 rings (SSSR count). The molecule has 1 aliphatic heterocycles. The van der Waals surface area contributed by atoms with Gasteiger partial charge in [0.1, 0.15) is 8.15 Å². The average Bonchev–Trinajstić information content (AvgIpc) is 3.13. The maximum atomic E-state index is 6.67. The van der Waals surface area contributed by atoms with Crippen LogP contribution in [0, 0.1) is 0 Å². The molecule has 0 radical (unpaired) electrons. The van der Waals surface area contributed by atoms with E-state index in [1.54, 1.807) is 7.11 Å². The first-order valence-electron chi connectivity index (χ1n) is 9.06. The highest BCUT2D eigenvalue weighted by molar-refractivity contribution is 7.54. The van der Waals surface area contributed by atoms with Crippen molar-refractivity contribution in [2.45, 2.75) is 24.2 Å². The monoisotopic (exact) mass is 362 g/mol. The Hall–Kier alpha value is -2.31. The summed E-state index contributed by atoms with van der Waals surface area (Å²) in [5.41, 5.74) is 3.65. The van der Waals surface area contributed by atoms with Crippen LogP contribution in [-0.2, 0) is 0 Å². The molecule has 1 aliphatic rings. The van der Waals surface area contributed by atoms with Gasteiger partial charge in [0.2, 0.25) is 0 Å². The van der Waals surface area contributed by atoms with Crippen molar-refractivity contribution >= 4 is 8.15 Å². The molecule has 0 aliphatic carbocycles. The predicted molar refractivity (Wildman–Crippen MR) is 108 cm³/mol. The zero-order valence-corrected chi connectivity index (χ0v) is 15.8. The van der Waals surface area contributed by atoms with Crippen LogP contribution in [0.2, 0.25) is 0 Å². The smallest absolute Gasteiger partial charge is 0.165 e. The van der Waals surface area contributed by atoms with Gasteiger partial charge in [-0.05, 0) is 36.1 Å². The van der Waals surface area contributed by atoms with Crippen molar-refractivity contribution in [2.75, 3.05) is 7.11 Å². The SMILES string of the molecule is COc1ccccc1OP1[C@H](c2ccccc2)CC[C@H]1c1ccccc1. The lowest BCUT2D eigenvalue weighted by Crippen LogP contribution is -2.01. The maximum absolute atomic E-state index is 6.67. The van der Waals surface area contributed by atoms with Crippen LogP contribution in [0.3, 0.4) is 0 Å². The van der Waals surface area contributed by atoms with Crippen LogP contribution in [0.4, 0.5) is 0 Å². The Morgan fingerprint density at radius 3 is 1.62 bits per heavy atom. The van der Waals surface area contributed by atoms with Crippen molar-refractivity contribution in [1.82, 2.24) is 0 Å². The summed E-state index contributed by atoms with van der Waals surface area (Å²) in [5, 5.41) is 0. The first-order valence-corrected chi connectivity index (χ1v) is 10.5. The third-order valence-corrected chi connectivity index (χ3v) is 7.72. The van der Waals surface area contributed by atoms with Gasteiger partial charge in [-0.1, -0.05) is 72.8 Å². The number of hydrogen-bond donors (Lipinski definition) is 0. The normalized spacial score (nSPS) is 20.0. The van der Waals surface area contributed by atoms with Crippen LogP contribution < -0.4 is 9.26 Å². The summed E-state index contributed by atoms with van der Waals surface area (Å²) in [6, 6.07) is 29.6. The molecule has 0 bridgehead atoms. The van der Waals surface area contributed by atoms with Gasteiger partial charge in [-0.15, -0.1) is 0 Å². The van der Waals surface area contributed by atoms with E-state index in [0.29, 0.717) is 11.3 Å². The van der Waals surface area contributed by atoms with Gasteiger partial charge in [0, 0.05) is 11.3 Å². The van der Waals surface area contributed by atoms with Crippen molar-refractivity contribution < 1.29 is 9.26 Å². The molecule has 1 saturated heterocycles. The summed E-state index contributed by atoms with van der Waals surface area (Å²) in [5.74, 6) is 1.66. The quantitative estimate of drug-likeness (QED) is 0.468. The van der Waals surface area contributed by atoms with Crippen LogP contribution in [0.25, 0.3) is 0 Å². The molecule has 26 heavy (non-hydrogen) atoms. The predicted octanol–water partition coefficient (Wildman–Crippen LogP) is 6.75. The van der Waals surface area contributed by atoms with Crippen molar-refractivity contribution in [3.05, 3.63) is 96.1 Å². The molecule has 3 aromatic carbocycles. The highest BCUT2D eigenvalue weighted by Gasteiger charge is 2.40. The maximum Gasteiger partial charge on any atom is 0.165 e. The van der Waals surface area contributed by atoms with E-state index in [-0.39, 0.29) is 0 Å². The molecule has 1 fully saturated rings. The van der Waals surface area contributed by atoms with Gasteiger partial charge in [-0.25, -0.2) is 0 Å². The topological polar surface area (TPSA) is 18.5 Å². The van der Waals surface area contributed by atoms with E-state index in [0.717, 1.165) is 24.3 Å². The molecular weight excluding hydrogens is 339 g/mol. The minimum absolute atomic E-state index is 0.446. The molecule has 0 spiro atoms. The fraction of sp³-hybridized carbons (Fsp3) is 0.217. The van der Waals surface area contributed by atoms with E-state index < -0.39 is 8.15 Å². The average molecular weight is 362 g/mol. The highest BCUT2D eigenvalue weighted by atomic mass is 31.1. The Balaban J connectivity index is 1.70. The van der Waals surface area contributed by atoms with Gasteiger partial charge in [-0.2, -0.15) is 0 Å². The molecular formula is C23H23O2P. The Bertz CT molecular complexity index is 788. The highest BCUT2D eigenvalue weighted by Crippen LogP contribution is 2.70. The van der Waals surface area contributed by atoms with Crippen LogP contribution >= 0.6 is 8.15 Å². The Kier molecular flexibility index (Phi) is 5.22. The van der Waals surface area contributed by atoms with E-state index >= 15 is 0 Å². The second-order valence-corrected chi connectivity index (χ2v) is 8.68. The summed E-state index contributed by atoms with van der Waals surface area (Å²) in [6.45, 7) is 0. The number of para-hydroxylation sites is 2. The number of benzene rings is 3. The van der Waals surface area contributed by atoms with Crippen molar-refractivity contribution in [3.8, 4) is 11.5 Å². The summed E-state index contributed by atoms with van der Waals surface area (Å²) < 4.78 is 12.2. The fourth-order valence-corrected chi connectivity index (χ4v) is 6.51. The van der Waals surface area contributed by atoms with Gasteiger partial charge in [0.15, 0.2) is 11.5 Å². The largest absolute Gasteiger partial charge is 0.493 e. The van der Waals surface area contributed by atoms with Crippen LogP contribution in [0.15, 0.2) is 84.9 Å². The molecule has 2 atom stereocenters. The van der Waals surface area contributed by atoms with Crippen LogP contribution in [-0.4, -0.2) is 7.11 Å². The first kappa shape index (κ1) is 17.1. The summed E-state index contributed by atoms with van der Waals surface area (Å²) in [7, 11) is 0.999. The fourth-order valence-electron chi connectivity index (χ4n) is 3.70. The van der Waals surface area contributed by atoms with E-state index in [2.05, 4.69) is 60.7 Å². The third-order valence-electron chi connectivity index (χ3n) is 4.97. The number of rotatable bonds is 5. The second-order valence-electron chi connectivity index (χ2n) is 6.53. The number of hydrogen-bond acceptors (Lipinski definition) is 2. The van der Waals surface area contributed by atoms with Crippen molar-refractivity contribution in [2.24, 2.45) is 0 Å². The van der Waals surface area contributed by atoms with Crippen LogP contribution in [0.1, 0.15) is 35.3 Å². The van der Waals surface area contributed by atoms with Crippen molar-refractivity contribution in [1.29, 1.82) is 0 Å². The minimum atomic E-state index is -0.703. The minimum Gasteiger partial charge on any atom is -0.493 e. The van der Waals surface area contributed by atoms with Gasteiger partial charge in [-0.3, -0.25) is 0 Å². The van der Waals surface area contributed by atoms with Crippen LogP contribution in [0.5, 0.6) is 11.5 Å². The third kappa shape index (κ3) is 3.48. The Morgan fingerprint density at radius 1 is 0.654 bits per heavy atom. The van der Waals surface area contributed by atoms with Gasteiger partial charge >= 0.3 is 0 Å². The lowest BCUT2D eigenvalue weighted by atomic mass is 10.0. The zero-order chi connectivity index (χ0) is 17.8. The zero-order valence-electron chi connectivity index (χ0n) is 14.9. The number of methoxy groups -OCH3 is 1. The van der Waals surface area contributed by atoms with E-state index in [9.17, 15) is 0 Å². The lowest BCUT2D eigenvalue weighted by molar-refractivity contribution is 0.397. The number of ether oxygens (including phenoxy) is 1. The molecule has 3 heteroatoms. The molecule has 3 aromatic rings.